The fraction of sp³-hybridized carbons (Fsp3) is 0.810. The van der Waals surface area contributed by atoms with E-state index in [1.54, 1.807) is 6.20 Å². The third-order valence-corrected chi connectivity index (χ3v) is 18.4. The average Bonchev–Trinajstić information content (AvgIpc) is 2.77. The van der Waals surface area contributed by atoms with Gasteiger partial charge < -0.3 is 13.9 Å². The molecule has 1 saturated heterocycles. The zero-order valence-corrected chi connectivity index (χ0v) is 21.7. The summed E-state index contributed by atoms with van der Waals surface area (Å²) in [5.41, 5.74) is -0.0550. The van der Waals surface area contributed by atoms with Crippen LogP contribution in [0.5, 0.6) is 6.01 Å². The van der Waals surface area contributed by atoms with Crippen molar-refractivity contribution in [2.75, 3.05) is 6.61 Å². The zero-order valence-electron chi connectivity index (χ0n) is 19.7. The van der Waals surface area contributed by atoms with Crippen LogP contribution in [0.2, 0.25) is 41.8 Å². The smallest absolute Gasteiger partial charge is 0.301 e. The van der Waals surface area contributed by atoms with Crippen LogP contribution >= 0.6 is 0 Å². The molecule has 0 radical (unpaired) electrons. The first kappa shape index (κ1) is 22.7. The molecule has 0 aliphatic carbocycles. The molecular formula is C21H38N2O4Si2. The highest BCUT2D eigenvalue weighted by Crippen LogP contribution is 2.57. The number of ether oxygens (including phenoxy) is 2. The summed E-state index contributed by atoms with van der Waals surface area (Å²) in [7, 11) is -3.91. The van der Waals surface area contributed by atoms with Crippen molar-refractivity contribution in [1.29, 1.82) is 0 Å². The van der Waals surface area contributed by atoms with Gasteiger partial charge in [0.1, 0.15) is 18.9 Å². The summed E-state index contributed by atoms with van der Waals surface area (Å²) in [6, 6.07) is 1.85. The lowest BCUT2D eigenvalue weighted by molar-refractivity contribution is -0.0181. The molecule has 3 heterocycles. The van der Waals surface area contributed by atoms with Crippen LogP contribution in [0.3, 0.4) is 0 Å². The monoisotopic (exact) mass is 438 g/mol. The van der Waals surface area contributed by atoms with Crippen molar-refractivity contribution >= 4 is 16.4 Å². The molecule has 3 rings (SSSR count). The predicted octanol–water partition coefficient (Wildman–Crippen LogP) is 4.80. The third kappa shape index (κ3) is 3.89. The van der Waals surface area contributed by atoms with E-state index in [-0.39, 0.29) is 39.6 Å². The Labute approximate surface area is 177 Å². The predicted molar refractivity (Wildman–Crippen MR) is 121 cm³/mol. The van der Waals surface area contributed by atoms with E-state index < -0.39 is 16.4 Å². The van der Waals surface area contributed by atoms with Crippen LogP contribution in [0.4, 0.5) is 0 Å². The molecule has 164 valence electrons. The van der Waals surface area contributed by atoms with Crippen molar-refractivity contribution in [2.45, 2.75) is 102 Å². The van der Waals surface area contributed by atoms with Gasteiger partial charge in [0.25, 0.3) is 5.56 Å². The largest absolute Gasteiger partial charge is 0.462 e. The van der Waals surface area contributed by atoms with Gasteiger partial charge in [-0.25, -0.2) is 0 Å². The topological polar surface area (TPSA) is 62.6 Å². The van der Waals surface area contributed by atoms with Crippen molar-refractivity contribution in [2.24, 2.45) is 0 Å². The highest BCUT2D eigenvalue weighted by molar-refractivity contribution is 6.82. The van der Waals surface area contributed by atoms with E-state index in [0.29, 0.717) is 12.6 Å². The standard InChI is InChI=1S/C21H38N2O4Si2/c1-20(2,3)28(7,8)17-16(27-29(9,10)21(4,5)6)14-13-25-19-22-15(24)11-12-23(19)18(17)26-14/h11-12,14,16-18H,13H2,1-10H3/t14-,16-,17-,18-/m1/s1. The molecule has 2 aliphatic heterocycles. The Balaban J connectivity index is 2.12. The number of aromatic nitrogens is 2. The summed E-state index contributed by atoms with van der Waals surface area (Å²) in [6.45, 7) is 23.7. The first-order valence-corrected chi connectivity index (χ1v) is 16.6. The maximum atomic E-state index is 11.8. The highest BCUT2D eigenvalue weighted by Gasteiger charge is 2.60. The number of hydrogen-bond donors (Lipinski definition) is 0. The SMILES string of the molecule is CC(C)(C)[Si](C)(C)O[C@H]1[C@@H]([Si](C)(C)C(C)(C)C)[C@H]2O[C@@H]1COc1nc(=O)ccn12. The van der Waals surface area contributed by atoms with Crippen LogP contribution in [0.1, 0.15) is 47.8 Å². The molecule has 0 aromatic carbocycles. The normalized spacial score (nSPS) is 27.9. The van der Waals surface area contributed by atoms with Gasteiger partial charge in [0.05, 0.1) is 14.2 Å². The molecule has 2 aliphatic rings. The van der Waals surface area contributed by atoms with Gasteiger partial charge in [0.15, 0.2) is 8.32 Å². The molecule has 0 N–H and O–H groups in total. The van der Waals surface area contributed by atoms with Gasteiger partial charge in [0, 0.05) is 17.8 Å². The second kappa shape index (κ2) is 7.04. The molecule has 4 atom stereocenters. The van der Waals surface area contributed by atoms with Crippen molar-refractivity contribution in [1.82, 2.24) is 9.55 Å². The first-order valence-electron chi connectivity index (χ1n) is 10.6. The van der Waals surface area contributed by atoms with Crippen molar-refractivity contribution in [3.63, 3.8) is 0 Å². The van der Waals surface area contributed by atoms with Crippen LogP contribution < -0.4 is 10.3 Å². The molecule has 2 bridgehead atoms. The van der Waals surface area contributed by atoms with Crippen LogP contribution in [0.25, 0.3) is 0 Å². The molecule has 1 aromatic rings. The Morgan fingerprint density at radius 1 is 1.10 bits per heavy atom. The summed E-state index contributed by atoms with van der Waals surface area (Å²) >= 11 is 0. The molecule has 29 heavy (non-hydrogen) atoms. The Bertz CT molecular complexity index is 823. The fourth-order valence-electron chi connectivity index (χ4n) is 3.89. The average molecular weight is 439 g/mol. The molecule has 0 spiro atoms. The van der Waals surface area contributed by atoms with E-state index in [1.807, 2.05) is 4.57 Å². The fourth-order valence-corrected chi connectivity index (χ4v) is 8.42. The van der Waals surface area contributed by atoms with Crippen molar-refractivity contribution < 1.29 is 13.9 Å². The van der Waals surface area contributed by atoms with Gasteiger partial charge in [-0.2, -0.15) is 4.98 Å². The van der Waals surface area contributed by atoms with Crippen molar-refractivity contribution in [3.05, 3.63) is 22.6 Å². The third-order valence-electron chi connectivity index (χ3n) is 7.80. The molecule has 0 unspecified atom stereocenters. The van der Waals surface area contributed by atoms with Crippen LogP contribution in [0, 0.1) is 0 Å². The van der Waals surface area contributed by atoms with Crippen LogP contribution in [0.15, 0.2) is 17.1 Å². The minimum absolute atomic E-state index is 0.0191. The quantitative estimate of drug-likeness (QED) is 0.634. The van der Waals surface area contributed by atoms with Gasteiger partial charge in [-0.15, -0.1) is 0 Å². The van der Waals surface area contributed by atoms with Gasteiger partial charge in [0.2, 0.25) is 0 Å². The first-order chi connectivity index (χ1) is 13.1. The molecule has 8 heteroatoms. The summed E-state index contributed by atoms with van der Waals surface area (Å²) in [5, 5.41) is 0.276. The lowest BCUT2D eigenvalue weighted by Gasteiger charge is -2.48. The number of fused-ring (bicyclic) bond motifs is 4. The maximum Gasteiger partial charge on any atom is 0.301 e. The molecule has 0 amide bonds. The van der Waals surface area contributed by atoms with E-state index in [9.17, 15) is 4.79 Å². The second-order valence-corrected chi connectivity index (χ2v) is 22.0. The Morgan fingerprint density at radius 2 is 1.72 bits per heavy atom. The maximum absolute atomic E-state index is 11.8. The Hall–Kier alpha value is -0.966. The van der Waals surface area contributed by atoms with Gasteiger partial charge >= 0.3 is 6.01 Å². The van der Waals surface area contributed by atoms with E-state index in [4.69, 9.17) is 13.9 Å². The molecule has 1 aromatic heterocycles. The second-order valence-electron chi connectivity index (χ2n) is 11.7. The van der Waals surface area contributed by atoms with E-state index >= 15 is 0 Å². The summed E-state index contributed by atoms with van der Waals surface area (Å²) < 4.78 is 21.5. The number of rotatable bonds is 3. The van der Waals surface area contributed by atoms with Crippen LogP contribution in [-0.4, -0.2) is 44.8 Å². The lowest BCUT2D eigenvalue weighted by atomic mass is 10.1. The Morgan fingerprint density at radius 3 is 2.28 bits per heavy atom. The van der Waals surface area contributed by atoms with E-state index in [2.05, 4.69) is 72.7 Å². The zero-order chi connectivity index (χ0) is 22.0. The van der Waals surface area contributed by atoms with Gasteiger partial charge in [-0.05, 0) is 23.2 Å². The van der Waals surface area contributed by atoms with Gasteiger partial charge in [-0.3, -0.25) is 9.36 Å². The number of nitrogens with zero attached hydrogens (tertiary/aromatic N) is 2. The summed E-state index contributed by atoms with van der Waals surface area (Å²) in [5.74, 6) is 0. The minimum atomic E-state index is -2.01. The van der Waals surface area contributed by atoms with E-state index in [0.717, 1.165) is 0 Å². The Kier molecular flexibility index (Phi) is 5.51. The van der Waals surface area contributed by atoms with Crippen molar-refractivity contribution in [3.8, 4) is 6.01 Å². The summed E-state index contributed by atoms with van der Waals surface area (Å²) in [4.78, 5) is 15.9. The summed E-state index contributed by atoms with van der Waals surface area (Å²) in [6.07, 6.45) is 1.37. The number of hydrogen-bond acceptors (Lipinski definition) is 5. The molecule has 6 nitrogen and oxygen atoms in total. The lowest BCUT2D eigenvalue weighted by Crippen LogP contribution is -2.54. The minimum Gasteiger partial charge on any atom is -0.462 e. The van der Waals surface area contributed by atoms with E-state index in [1.165, 1.54) is 6.07 Å². The molecule has 0 saturated carbocycles. The molecular weight excluding hydrogens is 400 g/mol. The van der Waals surface area contributed by atoms with Crippen LogP contribution in [-0.2, 0) is 9.16 Å². The highest BCUT2D eigenvalue weighted by atomic mass is 28.4. The molecule has 1 fully saturated rings. The van der Waals surface area contributed by atoms with Gasteiger partial charge in [-0.1, -0.05) is 54.6 Å².